The molecule has 4 N–H and O–H groups in total. The first-order valence-corrected chi connectivity index (χ1v) is 17.5. The molecule has 2 fully saturated rings. The Morgan fingerprint density at radius 2 is 1.29 bits per heavy atom. The highest BCUT2D eigenvalue weighted by atomic mass is 16.5. The zero-order valence-electron chi connectivity index (χ0n) is 28.6. The van der Waals surface area contributed by atoms with Crippen LogP contribution in [-0.4, -0.2) is 90.0 Å². The van der Waals surface area contributed by atoms with E-state index in [0.29, 0.717) is 56.9 Å². The number of Topliss-reactive ketones (excluding diaryl/α,β-unsaturated/α-hetero) is 1. The molecular weight excluding hydrogens is 628 g/mol. The van der Waals surface area contributed by atoms with Crippen molar-refractivity contribution in [2.24, 2.45) is 0 Å². The number of nitrogens with zero attached hydrogens (tertiary/aromatic N) is 1. The first-order valence-electron chi connectivity index (χ1n) is 17.5. The van der Waals surface area contributed by atoms with Crippen molar-refractivity contribution < 1.29 is 38.6 Å². The molecule has 4 atom stereocenters. The number of hydrogen-bond acceptors (Lipinski definition) is 8. The molecule has 2 saturated heterocycles. The van der Waals surface area contributed by atoms with Crippen LogP contribution in [0.2, 0.25) is 0 Å². The number of ether oxygens (including phenoxy) is 2. The van der Waals surface area contributed by atoms with E-state index in [0.717, 1.165) is 24.0 Å². The molecule has 0 unspecified atom stereocenters. The van der Waals surface area contributed by atoms with E-state index in [2.05, 4.69) is 16.0 Å². The van der Waals surface area contributed by atoms with Crippen molar-refractivity contribution in [3.05, 3.63) is 59.7 Å². The third-order valence-corrected chi connectivity index (χ3v) is 8.94. The maximum absolute atomic E-state index is 14.3. The molecule has 4 amide bonds. The summed E-state index contributed by atoms with van der Waals surface area (Å²) in [6.45, 7) is 4.66. The third kappa shape index (κ3) is 11.0. The largest absolute Gasteiger partial charge is 0.494 e. The first kappa shape index (κ1) is 37.4. The number of amides is 4. The fourth-order valence-electron chi connectivity index (χ4n) is 6.33. The van der Waals surface area contributed by atoms with Gasteiger partial charge in [-0.3, -0.25) is 24.0 Å². The van der Waals surface area contributed by atoms with Crippen LogP contribution < -0.4 is 25.4 Å². The van der Waals surface area contributed by atoms with Crippen molar-refractivity contribution in [3.8, 4) is 11.5 Å². The van der Waals surface area contributed by atoms with E-state index < -0.39 is 48.5 Å². The number of nitrogens with one attached hydrogen (secondary N) is 3. The van der Waals surface area contributed by atoms with Crippen molar-refractivity contribution in [2.75, 3.05) is 26.4 Å². The minimum absolute atomic E-state index is 0.143. The van der Waals surface area contributed by atoms with Gasteiger partial charge >= 0.3 is 0 Å². The van der Waals surface area contributed by atoms with Crippen molar-refractivity contribution in [1.29, 1.82) is 0 Å². The Hall–Kier alpha value is -4.45. The summed E-state index contributed by atoms with van der Waals surface area (Å²) >= 11 is 0. The number of piperidine rings is 1. The first-order chi connectivity index (χ1) is 23.7. The molecule has 2 aromatic carbocycles. The van der Waals surface area contributed by atoms with Gasteiger partial charge in [0.1, 0.15) is 42.3 Å². The fraction of sp³-hybridized carbons (Fsp3) is 0.541. The van der Waals surface area contributed by atoms with Gasteiger partial charge in [0.15, 0.2) is 5.78 Å². The molecule has 2 heterocycles. The van der Waals surface area contributed by atoms with Crippen molar-refractivity contribution in [3.63, 3.8) is 0 Å². The van der Waals surface area contributed by atoms with Gasteiger partial charge in [-0.05, 0) is 81.3 Å². The van der Waals surface area contributed by atoms with E-state index in [1.807, 2.05) is 50.2 Å². The predicted octanol–water partition coefficient (Wildman–Crippen LogP) is 2.63. The molecule has 49 heavy (non-hydrogen) atoms. The molecular formula is C37H50N4O8. The van der Waals surface area contributed by atoms with Crippen LogP contribution in [0, 0.1) is 0 Å². The third-order valence-electron chi connectivity index (χ3n) is 8.94. The molecule has 0 aliphatic carbocycles. The Morgan fingerprint density at radius 1 is 0.735 bits per heavy atom. The molecule has 0 bridgehead atoms. The highest BCUT2D eigenvalue weighted by molar-refractivity contribution is 5.97. The van der Waals surface area contributed by atoms with Crippen LogP contribution in [0.1, 0.15) is 76.3 Å². The molecule has 0 saturated carbocycles. The molecule has 266 valence electrons. The summed E-state index contributed by atoms with van der Waals surface area (Å²) in [6.07, 6.45) is 4.45. The van der Waals surface area contributed by atoms with Crippen LogP contribution in [0.15, 0.2) is 48.5 Å². The summed E-state index contributed by atoms with van der Waals surface area (Å²) in [5.74, 6) is -0.629. The van der Waals surface area contributed by atoms with Gasteiger partial charge in [-0.25, -0.2) is 0 Å². The predicted molar refractivity (Wildman–Crippen MR) is 183 cm³/mol. The van der Waals surface area contributed by atoms with Crippen LogP contribution in [0.4, 0.5) is 0 Å². The van der Waals surface area contributed by atoms with E-state index >= 15 is 0 Å². The molecule has 0 aromatic heterocycles. The van der Waals surface area contributed by atoms with Gasteiger partial charge in [0.05, 0.1) is 13.2 Å². The molecule has 2 aliphatic rings. The van der Waals surface area contributed by atoms with E-state index in [1.54, 1.807) is 17.0 Å². The summed E-state index contributed by atoms with van der Waals surface area (Å²) in [7, 11) is 0. The number of benzene rings is 2. The Balaban J connectivity index is 1.63. The summed E-state index contributed by atoms with van der Waals surface area (Å²) in [5, 5.41) is 17.7. The highest BCUT2D eigenvalue weighted by Crippen LogP contribution is 2.22. The summed E-state index contributed by atoms with van der Waals surface area (Å²) < 4.78 is 11.1. The van der Waals surface area contributed by atoms with E-state index in [1.165, 1.54) is 0 Å². The molecule has 0 radical (unpaired) electrons. The average molecular weight is 679 g/mol. The standard InChI is InChI=1S/C37H50N4O8/c1-3-48-28-17-13-25(14-18-28)22-31-35(45)40-32(23-26-15-19-29(20-16-26)49-4-2)37(47)41-21-9-8-12-33(41)36(46)38-30(34(44)39-31)11-7-5-6-10-27(43)24-42/h13-20,30-33,42H,3-12,21-24H2,1-2H3,(H,38,46)(H,39,44)(H,40,45)/t30-,31-,32-,33+/m0/s1. The number of carbonyl (C=O) groups is 5. The molecule has 12 heteroatoms. The number of aliphatic hydroxyl groups excluding tert-OH is 1. The summed E-state index contributed by atoms with van der Waals surface area (Å²) in [4.78, 5) is 69.1. The quantitative estimate of drug-likeness (QED) is 0.209. The smallest absolute Gasteiger partial charge is 0.246 e. The second-order valence-electron chi connectivity index (χ2n) is 12.6. The number of fused-ring (bicyclic) bond motifs is 1. The van der Waals surface area contributed by atoms with Gasteiger partial charge in [-0.15, -0.1) is 0 Å². The number of rotatable bonds is 15. The maximum Gasteiger partial charge on any atom is 0.246 e. The Morgan fingerprint density at radius 3 is 1.88 bits per heavy atom. The number of unbranched alkanes of at least 4 members (excludes halogenated alkanes) is 2. The van der Waals surface area contributed by atoms with Gasteiger partial charge in [-0.1, -0.05) is 37.1 Å². The van der Waals surface area contributed by atoms with Crippen LogP contribution in [0.3, 0.4) is 0 Å². The van der Waals surface area contributed by atoms with Crippen LogP contribution in [0.25, 0.3) is 0 Å². The van der Waals surface area contributed by atoms with E-state index in [9.17, 15) is 24.0 Å². The topological polar surface area (TPSA) is 163 Å². The van der Waals surface area contributed by atoms with Crippen LogP contribution >= 0.6 is 0 Å². The summed E-state index contributed by atoms with van der Waals surface area (Å²) in [6, 6.07) is 10.8. The van der Waals surface area contributed by atoms with Gasteiger partial charge in [0.25, 0.3) is 0 Å². The second-order valence-corrected chi connectivity index (χ2v) is 12.6. The van der Waals surface area contributed by atoms with E-state index in [4.69, 9.17) is 14.6 Å². The van der Waals surface area contributed by atoms with Crippen molar-refractivity contribution >= 4 is 29.4 Å². The van der Waals surface area contributed by atoms with Crippen molar-refractivity contribution in [1.82, 2.24) is 20.9 Å². The number of aliphatic hydroxyl groups is 1. The molecule has 12 nitrogen and oxygen atoms in total. The fourth-order valence-corrected chi connectivity index (χ4v) is 6.33. The lowest BCUT2D eigenvalue weighted by atomic mass is 9.96. The van der Waals surface area contributed by atoms with Gasteiger partial charge in [0, 0.05) is 25.8 Å². The number of hydrogen-bond donors (Lipinski definition) is 4. The monoisotopic (exact) mass is 678 g/mol. The molecule has 0 spiro atoms. The molecule has 4 rings (SSSR count). The lowest BCUT2D eigenvalue weighted by molar-refractivity contribution is -0.146. The SMILES string of the molecule is CCOc1ccc(C[C@@H]2NC(=O)[C@H](CCCCCC(=O)CO)NC(=O)[C@H]3CCCCN3C(=O)[C@H](Cc3ccc(OCC)cc3)NC2=O)cc1. The minimum atomic E-state index is -1.04. The zero-order chi connectivity index (χ0) is 35.2. The van der Waals surface area contributed by atoms with Gasteiger partial charge in [-0.2, -0.15) is 0 Å². The normalized spacial score (nSPS) is 21.7. The average Bonchev–Trinajstić information content (AvgIpc) is 3.11. The summed E-state index contributed by atoms with van der Waals surface area (Å²) in [5.41, 5.74) is 1.58. The van der Waals surface area contributed by atoms with Gasteiger partial charge < -0.3 is 35.4 Å². The molecule has 2 aliphatic heterocycles. The van der Waals surface area contributed by atoms with Crippen molar-refractivity contribution in [2.45, 2.75) is 102 Å². The Bertz CT molecular complexity index is 1410. The van der Waals surface area contributed by atoms with Gasteiger partial charge in [0.2, 0.25) is 23.6 Å². The molecule has 2 aromatic rings. The Kier molecular flexibility index (Phi) is 14.4. The second kappa shape index (κ2) is 18.9. The van der Waals surface area contributed by atoms with Crippen LogP contribution in [-0.2, 0) is 36.8 Å². The lowest BCUT2D eigenvalue weighted by Crippen LogP contribution is -2.63. The maximum atomic E-state index is 14.3. The highest BCUT2D eigenvalue weighted by Gasteiger charge is 2.39. The zero-order valence-corrected chi connectivity index (χ0v) is 28.6. The number of ketones is 1. The minimum Gasteiger partial charge on any atom is -0.494 e. The van der Waals surface area contributed by atoms with E-state index in [-0.39, 0.29) is 37.4 Å². The lowest BCUT2D eigenvalue weighted by Gasteiger charge is -2.38. The number of carbonyl (C=O) groups excluding carboxylic acids is 5. The Labute approximate surface area is 288 Å². The van der Waals surface area contributed by atoms with Crippen LogP contribution in [0.5, 0.6) is 11.5 Å².